The molecule has 0 aliphatic rings. The number of tetrazole rings is 1. The van der Waals surface area contributed by atoms with Crippen LogP contribution in [0.5, 0.6) is 5.75 Å². The number of benzene rings is 3. The fourth-order valence-electron chi connectivity index (χ4n) is 3.33. The van der Waals surface area contributed by atoms with Crippen LogP contribution in [0.2, 0.25) is 5.02 Å². The summed E-state index contributed by atoms with van der Waals surface area (Å²) in [6, 6.07) is 19.5. The Morgan fingerprint density at radius 3 is 2.43 bits per heavy atom. The van der Waals surface area contributed by atoms with E-state index in [0.717, 1.165) is 33.6 Å². The molecule has 152 valence electrons. The number of aromatic nitrogens is 4. The molecule has 0 saturated carbocycles. The molecule has 7 heteroatoms. The molecule has 0 unspecified atom stereocenters. The highest BCUT2D eigenvalue weighted by molar-refractivity contribution is 6.30. The molecule has 0 aliphatic carbocycles. The zero-order valence-electron chi connectivity index (χ0n) is 17.0. The molecule has 0 bridgehead atoms. The summed E-state index contributed by atoms with van der Waals surface area (Å²) in [4.78, 5) is 12.3. The zero-order chi connectivity index (χ0) is 21.3. The third-order valence-electron chi connectivity index (χ3n) is 4.95. The van der Waals surface area contributed by atoms with Gasteiger partial charge >= 0.3 is 5.69 Å². The van der Waals surface area contributed by atoms with E-state index in [1.165, 1.54) is 9.36 Å². The topological polar surface area (TPSA) is 61.9 Å². The lowest BCUT2D eigenvalue weighted by Crippen LogP contribution is -2.23. The van der Waals surface area contributed by atoms with E-state index >= 15 is 0 Å². The lowest BCUT2D eigenvalue weighted by Gasteiger charge is -2.14. The first-order valence-corrected chi connectivity index (χ1v) is 9.88. The SMILES string of the molecule is Cc1cc(OCc2c(C)cccc2-n2nnn(C)c2=O)cc(-c2ccc(Cl)cc2)c1. The number of ether oxygens (including phenoxy) is 1. The molecular formula is C23H21ClN4O2. The lowest BCUT2D eigenvalue weighted by molar-refractivity contribution is 0.304. The van der Waals surface area contributed by atoms with Crippen molar-refractivity contribution in [1.29, 1.82) is 0 Å². The molecule has 0 saturated heterocycles. The molecule has 0 N–H and O–H groups in total. The normalized spacial score (nSPS) is 10.9. The molecule has 0 fully saturated rings. The van der Waals surface area contributed by atoms with Crippen molar-refractivity contribution in [2.75, 3.05) is 0 Å². The zero-order valence-corrected chi connectivity index (χ0v) is 17.7. The predicted octanol–water partition coefficient (Wildman–Crippen LogP) is 4.48. The fourth-order valence-corrected chi connectivity index (χ4v) is 3.46. The van der Waals surface area contributed by atoms with Crippen LogP contribution in [0.1, 0.15) is 16.7 Å². The van der Waals surface area contributed by atoms with E-state index < -0.39 is 0 Å². The van der Waals surface area contributed by atoms with Gasteiger partial charge in [-0.15, -0.1) is 0 Å². The summed E-state index contributed by atoms with van der Waals surface area (Å²) >= 11 is 6.01. The van der Waals surface area contributed by atoms with E-state index in [0.29, 0.717) is 17.3 Å². The summed E-state index contributed by atoms with van der Waals surface area (Å²) in [6.45, 7) is 4.32. The van der Waals surface area contributed by atoms with E-state index in [1.54, 1.807) is 7.05 Å². The van der Waals surface area contributed by atoms with Crippen LogP contribution in [0.4, 0.5) is 0 Å². The van der Waals surface area contributed by atoms with Crippen LogP contribution in [-0.2, 0) is 13.7 Å². The second kappa shape index (κ2) is 8.16. The minimum absolute atomic E-state index is 0.300. The van der Waals surface area contributed by atoms with Gasteiger partial charge in [-0.25, -0.2) is 4.79 Å². The Labute approximate surface area is 179 Å². The molecule has 0 radical (unpaired) electrons. The Hall–Kier alpha value is -3.38. The summed E-state index contributed by atoms with van der Waals surface area (Å²) in [7, 11) is 1.57. The number of rotatable bonds is 5. The number of halogens is 1. The quantitative estimate of drug-likeness (QED) is 0.477. The fraction of sp³-hybridized carbons (Fsp3) is 0.174. The van der Waals surface area contributed by atoms with Gasteiger partial charge < -0.3 is 4.74 Å². The molecule has 6 nitrogen and oxygen atoms in total. The van der Waals surface area contributed by atoms with E-state index in [4.69, 9.17) is 16.3 Å². The predicted molar refractivity (Wildman–Crippen MR) is 117 cm³/mol. The summed E-state index contributed by atoms with van der Waals surface area (Å²) in [5.41, 5.74) is 5.46. The minimum atomic E-state index is -0.303. The largest absolute Gasteiger partial charge is 0.489 e. The first kappa shape index (κ1) is 19.9. The average Bonchev–Trinajstić information content (AvgIpc) is 3.05. The van der Waals surface area contributed by atoms with E-state index in [2.05, 4.69) is 16.5 Å². The second-order valence-corrected chi connectivity index (χ2v) is 7.64. The monoisotopic (exact) mass is 420 g/mol. The van der Waals surface area contributed by atoms with Crippen molar-refractivity contribution in [3.05, 3.63) is 92.9 Å². The van der Waals surface area contributed by atoms with Gasteiger partial charge in [0, 0.05) is 17.6 Å². The number of hydrogen-bond donors (Lipinski definition) is 0. The summed E-state index contributed by atoms with van der Waals surface area (Å²) in [6.07, 6.45) is 0. The van der Waals surface area contributed by atoms with Crippen LogP contribution in [0.3, 0.4) is 0 Å². The number of hydrogen-bond acceptors (Lipinski definition) is 4. The summed E-state index contributed by atoms with van der Waals surface area (Å²) < 4.78 is 8.65. The van der Waals surface area contributed by atoms with E-state index in [9.17, 15) is 4.79 Å². The van der Waals surface area contributed by atoms with Crippen molar-refractivity contribution in [1.82, 2.24) is 19.8 Å². The molecule has 1 heterocycles. The molecule has 0 amide bonds. The third-order valence-corrected chi connectivity index (χ3v) is 5.20. The molecule has 0 spiro atoms. The van der Waals surface area contributed by atoms with Crippen LogP contribution >= 0.6 is 11.6 Å². The number of nitrogens with zero attached hydrogens (tertiary/aromatic N) is 4. The molecule has 4 rings (SSSR count). The Morgan fingerprint density at radius 1 is 0.967 bits per heavy atom. The van der Waals surface area contributed by atoms with E-state index in [-0.39, 0.29) is 5.69 Å². The van der Waals surface area contributed by atoms with Gasteiger partial charge in [-0.3, -0.25) is 0 Å². The van der Waals surface area contributed by atoms with Crippen molar-refractivity contribution in [3.63, 3.8) is 0 Å². The Kier molecular flexibility index (Phi) is 5.42. The first-order chi connectivity index (χ1) is 14.4. The maximum Gasteiger partial charge on any atom is 0.368 e. The van der Waals surface area contributed by atoms with Crippen LogP contribution in [0, 0.1) is 13.8 Å². The van der Waals surface area contributed by atoms with Gasteiger partial charge in [0.1, 0.15) is 12.4 Å². The highest BCUT2D eigenvalue weighted by atomic mass is 35.5. The van der Waals surface area contributed by atoms with Gasteiger partial charge in [-0.05, 0) is 76.9 Å². The van der Waals surface area contributed by atoms with Crippen molar-refractivity contribution < 1.29 is 4.74 Å². The lowest BCUT2D eigenvalue weighted by atomic mass is 10.0. The van der Waals surface area contributed by atoms with Crippen molar-refractivity contribution >= 4 is 11.6 Å². The van der Waals surface area contributed by atoms with Gasteiger partial charge in [-0.2, -0.15) is 9.36 Å². The maximum absolute atomic E-state index is 12.3. The van der Waals surface area contributed by atoms with Gasteiger partial charge in [0.15, 0.2) is 0 Å². The molecule has 30 heavy (non-hydrogen) atoms. The molecule has 4 aromatic rings. The highest BCUT2D eigenvalue weighted by Crippen LogP contribution is 2.28. The van der Waals surface area contributed by atoms with Gasteiger partial charge in [0.25, 0.3) is 0 Å². The molecule has 3 aromatic carbocycles. The minimum Gasteiger partial charge on any atom is -0.489 e. The standard InChI is InChI=1S/C23H21ClN4O2/c1-15-11-18(17-7-9-19(24)10-8-17)13-20(12-15)30-14-21-16(2)5-4-6-22(21)28-23(29)27(3)25-26-28/h4-13H,14H2,1-3H3. The Morgan fingerprint density at radius 2 is 1.73 bits per heavy atom. The molecule has 0 atom stereocenters. The van der Waals surface area contributed by atoms with E-state index in [1.807, 2.05) is 68.4 Å². The molecular weight excluding hydrogens is 400 g/mol. The van der Waals surface area contributed by atoms with Crippen molar-refractivity contribution in [2.45, 2.75) is 20.5 Å². The molecule has 1 aromatic heterocycles. The van der Waals surface area contributed by atoms with Gasteiger partial charge in [-0.1, -0.05) is 41.9 Å². The van der Waals surface area contributed by atoms with Gasteiger partial charge in [0.2, 0.25) is 0 Å². The third kappa shape index (κ3) is 4.00. The maximum atomic E-state index is 12.3. The summed E-state index contributed by atoms with van der Waals surface area (Å²) in [5.74, 6) is 0.751. The summed E-state index contributed by atoms with van der Waals surface area (Å²) in [5, 5.41) is 8.48. The smallest absolute Gasteiger partial charge is 0.368 e. The van der Waals surface area contributed by atoms with Crippen LogP contribution in [0.15, 0.2) is 65.5 Å². The van der Waals surface area contributed by atoms with Crippen LogP contribution < -0.4 is 10.4 Å². The highest BCUT2D eigenvalue weighted by Gasteiger charge is 2.14. The van der Waals surface area contributed by atoms with Crippen molar-refractivity contribution in [2.24, 2.45) is 7.05 Å². The Bertz CT molecular complexity index is 1260. The molecule has 0 aliphatic heterocycles. The van der Waals surface area contributed by atoms with Crippen LogP contribution in [0.25, 0.3) is 16.8 Å². The average molecular weight is 421 g/mol. The second-order valence-electron chi connectivity index (χ2n) is 7.20. The number of aryl methyl sites for hydroxylation is 3. The Balaban J connectivity index is 1.65. The van der Waals surface area contributed by atoms with Crippen LogP contribution in [-0.4, -0.2) is 19.8 Å². The first-order valence-electron chi connectivity index (χ1n) is 9.50. The van der Waals surface area contributed by atoms with Crippen molar-refractivity contribution in [3.8, 4) is 22.6 Å². The van der Waals surface area contributed by atoms with Gasteiger partial charge in [0.05, 0.1) is 5.69 Å².